The topological polar surface area (TPSA) is 34.9 Å². The van der Waals surface area contributed by atoms with Crippen LogP contribution in [0.4, 0.5) is 13.2 Å². The maximum atomic E-state index is 12.5. The molecular formula is C19H15F3N2O. The van der Waals surface area contributed by atoms with E-state index in [1.165, 1.54) is 5.56 Å². The molecule has 0 amide bonds. The second-order valence-corrected chi connectivity index (χ2v) is 5.72. The lowest BCUT2D eigenvalue weighted by molar-refractivity contribution is -0.141. The standard InChI is InChI=1S/C19H15F3N2O/c20-19(21,22)17-11-18(25)24(13-23-17)12-16-8-6-15(7-9-16)10-14-4-2-1-3-5-14/h1-9,11,13H,10,12H2. The Bertz CT molecular complexity index is 900. The molecule has 128 valence electrons. The second kappa shape index (κ2) is 6.93. The van der Waals surface area contributed by atoms with Crippen LogP contribution in [-0.2, 0) is 19.1 Å². The molecule has 0 aliphatic carbocycles. The molecule has 0 fully saturated rings. The van der Waals surface area contributed by atoms with Crippen LogP contribution >= 0.6 is 0 Å². The summed E-state index contributed by atoms with van der Waals surface area (Å²) in [6, 6.07) is 18.1. The van der Waals surface area contributed by atoms with Crippen LogP contribution in [0.3, 0.4) is 0 Å². The van der Waals surface area contributed by atoms with Gasteiger partial charge in [-0.2, -0.15) is 13.2 Å². The molecule has 6 heteroatoms. The molecule has 0 N–H and O–H groups in total. The zero-order valence-corrected chi connectivity index (χ0v) is 13.2. The summed E-state index contributed by atoms with van der Waals surface area (Å²) in [7, 11) is 0. The Morgan fingerprint density at radius 2 is 1.48 bits per heavy atom. The number of rotatable bonds is 4. The summed E-state index contributed by atoms with van der Waals surface area (Å²) in [6.07, 6.45) is -2.89. The number of halogens is 3. The van der Waals surface area contributed by atoms with Gasteiger partial charge in [0.1, 0.15) is 0 Å². The molecule has 0 saturated carbocycles. The van der Waals surface area contributed by atoms with E-state index >= 15 is 0 Å². The van der Waals surface area contributed by atoms with E-state index in [-0.39, 0.29) is 6.54 Å². The van der Waals surface area contributed by atoms with Crippen LogP contribution in [-0.4, -0.2) is 9.55 Å². The normalized spacial score (nSPS) is 11.5. The van der Waals surface area contributed by atoms with E-state index in [2.05, 4.69) is 4.98 Å². The molecule has 3 nitrogen and oxygen atoms in total. The summed E-state index contributed by atoms with van der Waals surface area (Å²) < 4.78 is 38.8. The van der Waals surface area contributed by atoms with E-state index in [4.69, 9.17) is 0 Å². The van der Waals surface area contributed by atoms with Gasteiger partial charge >= 0.3 is 6.18 Å². The third-order valence-corrected chi connectivity index (χ3v) is 3.80. The summed E-state index contributed by atoms with van der Waals surface area (Å²) in [4.78, 5) is 15.1. The van der Waals surface area contributed by atoms with Crippen molar-refractivity contribution < 1.29 is 13.2 Å². The molecule has 0 spiro atoms. The largest absolute Gasteiger partial charge is 0.433 e. The lowest BCUT2D eigenvalue weighted by Crippen LogP contribution is -2.23. The van der Waals surface area contributed by atoms with Crippen molar-refractivity contribution in [3.8, 4) is 0 Å². The first-order chi connectivity index (χ1) is 11.9. The van der Waals surface area contributed by atoms with E-state index in [0.717, 1.165) is 28.4 Å². The fraction of sp³-hybridized carbons (Fsp3) is 0.158. The summed E-state index contributed by atoms with van der Waals surface area (Å²) in [5, 5.41) is 0. The number of alkyl halides is 3. The highest BCUT2D eigenvalue weighted by Crippen LogP contribution is 2.25. The highest BCUT2D eigenvalue weighted by molar-refractivity contribution is 5.28. The highest BCUT2D eigenvalue weighted by Gasteiger charge is 2.32. The summed E-state index contributed by atoms with van der Waals surface area (Å²) >= 11 is 0. The first-order valence-electron chi connectivity index (χ1n) is 7.67. The van der Waals surface area contributed by atoms with Gasteiger partial charge in [-0.25, -0.2) is 4.98 Å². The van der Waals surface area contributed by atoms with Crippen molar-refractivity contribution in [1.82, 2.24) is 9.55 Å². The van der Waals surface area contributed by atoms with Gasteiger partial charge < -0.3 is 0 Å². The van der Waals surface area contributed by atoms with Gasteiger partial charge in [0.05, 0.1) is 12.9 Å². The minimum atomic E-state index is -4.61. The molecule has 2 aromatic carbocycles. The van der Waals surface area contributed by atoms with Gasteiger partial charge in [-0.05, 0) is 23.1 Å². The van der Waals surface area contributed by atoms with Crippen molar-refractivity contribution in [2.24, 2.45) is 0 Å². The molecule has 25 heavy (non-hydrogen) atoms. The van der Waals surface area contributed by atoms with E-state index in [1.54, 1.807) is 0 Å². The molecule has 0 radical (unpaired) electrons. The minimum absolute atomic E-state index is 0.176. The summed E-state index contributed by atoms with van der Waals surface area (Å²) in [6.45, 7) is 0.176. The van der Waals surface area contributed by atoms with Crippen LogP contribution < -0.4 is 5.56 Å². The number of hydrogen-bond donors (Lipinski definition) is 0. The molecule has 0 atom stereocenters. The van der Waals surface area contributed by atoms with Crippen molar-refractivity contribution in [3.05, 3.63) is 99.7 Å². The maximum Gasteiger partial charge on any atom is 0.433 e. The minimum Gasteiger partial charge on any atom is -0.295 e. The Labute approximate surface area is 142 Å². The highest BCUT2D eigenvalue weighted by atomic mass is 19.4. The maximum absolute atomic E-state index is 12.5. The first kappa shape index (κ1) is 17.0. The fourth-order valence-corrected chi connectivity index (χ4v) is 2.49. The molecule has 3 rings (SSSR count). The quantitative estimate of drug-likeness (QED) is 0.719. The third kappa shape index (κ3) is 4.35. The van der Waals surface area contributed by atoms with Crippen molar-refractivity contribution in [1.29, 1.82) is 0 Å². The molecule has 0 aliphatic rings. The number of benzene rings is 2. The Balaban J connectivity index is 1.72. The van der Waals surface area contributed by atoms with Gasteiger partial charge in [-0.15, -0.1) is 0 Å². The van der Waals surface area contributed by atoms with E-state index in [0.29, 0.717) is 6.07 Å². The molecule has 1 heterocycles. The van der Waals surface area contributed by atoms with E-state index in [1.807, 2.05) is 54.6 Å². The Hall–Kier alpha value is -2.89. The summed E-state index contributed by atoms with van der Waals surface area (Å²) in [5.74, 6) is 0. The summed E-state index contributed by atoms with van der Waals surface area (Å²) in [5.41, 5.74) is 1.23. The van der Waals surface area contributed by atoms with E-state index < -0.39 is 17.4 Å². The molecule has 0 saturated heterocycles. The molecule has 1 aromatic heterocycles. The van der Waals surface area contributed by atoms with Crippen LogP contribution in [0.2, 0.25) is 0 Å². The second-order valence-electron chi connectivity index (χ2n) is 5.72. The van der Waals surface area contributed by atoms with Crippen molar-refractivity contribution >= 4 is 0 Å². The smallest absolute Gasteiger partial charge is 0.295 e. The Morgan fingerprint density at radius 3 is 2.08 bits per heavy atom. The number of hydrogen-bond acceptors (Lipinski definition) is 2. The predicted molar refractivity (Wildman–Crippen MR) is 88.3 cm³/mol. The Morgan fingerprint density at radius 1 is 0.880 bits per heavy atom. The van der Waals surface area contributed by atoms with Crippen LogP contribution in [0.5, 0.6) is 0 Å². The first-order valence-corrected chi connectivity index (χ1v) is 7.67. The van der Waals surface area contributed by atoms with Crippen molar-refractivity contribution in [3.63, 3.8) is 0 Å². The lowest BCUT2D eigenvalue weighted by Gasteiger charge is -2.09. The number of aromatic nitrogens is 2. The molecule has 0 bridgehead atoms. The van der Waals surface area contributed by atoms with Crippen LogP contribution in [0, 0.1) is 0 Å². The molecular weight excluding hydrogens is 329 g/mol. The number of nitrogens with zero attached hydrogens (tertiary/aromatic N) is 2. The zero-order chi connectivity index (χ0) is 17.9. The van der Waals surface area contributed by atoms with Crippen LogP contribution in [0.15, 0.2) is 71.8 Å². The van der Waals surface area contributed by atoms with Gasteiger partial charge in [-0.1, -0.05) is 54.6 Å². The molecule has 0 unspecified atom stereocenters. The van der Waals surface area contributed by atoms with E-state index in [9.17, 15) is 18.0 Å². The zero-order valence-electron chi connectivity index (χ0n) is 13.2. The fourth-order valence-electron chi connectivity index (χ4n) is 2.49. The molecule has 0 aliphatic heterocycles. The third-order valence-electron chi connectivity index (χ3n) is 3.80. The lowest BCUT2D eigenvalue weighted by atomic mass is 10.0. The van der Waals surface area contributed by atoms with Crippen LogP contribution in [0.25, 0.3) is 0 Å². The SMILES string of the molecule is O=c1cc(C(F)(F)F)ncn1Cc1ccc(Cc2ccccc2)cc1. The van der Waals surface area contributed by atoms with Gasteiger partial charge in [0.2, 0.25) is 0 Å². The predicted octanol–water partition coefficient (Wildman–Crippen LogP) is 3.90. The molecule has 3 aromatic rings. The van der Waals surface area contributed by atoms with Gasteiger partial charge in [0.25, 0.3) is 5.56 Å². The van der Waals surface area contributed by atoms with Gasteiger partial charge in [-0.3, -0.25) is 9.36 Å². The average molecular weight is 344 g/mol. The average Bonchev–Trinajstić information content (AvgIpc) is 2.58. The Kier molecular flexibility index (Phi) is 4.70. The van der Waals surface area contributed by atoms with Crippen LogP contribution in [0.1, 0.15) is 22.4 Å². The van der Waals surface area contributed by atoms with Crippen molar-refractivity contribution in [2.75, 3.05) is 0 Å². The van der Waals surface area contributed by atoms with Gasteiger partial charge in [0, 0.05) is 6.07 Å². The monoisotopic (exact) mass is 344 g/mol. The van der Waals surface area contributed by atoms with Gasteiger partial charge in [0.15, 0.2) is 5.69 Å². The van der Waals surface area contributed by atoms with Crippen molar-refractivity contribution in [2.45, 2.75) is 19.1 Å².